The Morgan fingerprint density at radius 2 is 2.00 bits per heavy atom. The Morgan fingerprint density at radius 1 is 1.30 bits per heavy atom. The number of aliphatic hydroxyl groups is 1. The number of nitrogens with zero attached hydrogens (tertiary/aromatic N) is 2. The second-order valence-corrected chi connectivity index (χ2v) is 10.1. The van der Waals surface area contributed by atoms with Gasteiger partial charge in [0.2, 0.25) is 5.88 Å². The van der Waals surface area contributed by atoms with Crippen LogP contribution in [0, 0.1) is 5.92 Å². The van der Waals surface area contributed by atoms with E-state index >= 15 is 0 Å². The molecule has 0 aliphatic carbocycles. The van der Waals surface area contributed by atoms with Crippen molar-refractivity contribution in [1.82, 2.24) is 9.55 Å². The second-order valence-electron chi connectivity index (χ2n) is 7.20. The molecule has 3 aromatic rings. The molecule has 0 spiro atoms. The van der Waals surface area contributed by atoms with Gasteiger partial charge in [-0.2, -0.15) is 0 Å². The molecule has 10 heteroatoms. The largest absolute Gasteiger partial charge is 0.420 e. The number of ether oxygens (including phenoxy) is 1. The lowest BCUT2D eigenvalue weighted by Gasteiger charge is -2.12. The Kier molecular flexibility index (Phi) is 6.59. The number of hydrogen-bond acceptors (Lipinski definition) is 7. The summed E-state index contributed by atoms with van der Waals surface area (Å²) in [6, 6.07) is 8.10. The van der Waals surface area contributed by atoms with Gasteiger partial charge in [-0.1, -0.05) is 26.0 Å². The molecule has 0 aliphatic rings. The third kappa shape index (κ3) is 5.47. The molecule has 1 amide bonds. The number of amides is 1. The van der Waals surface area contributed by atoms with E-state index in [-0.39, 0.29) is 16.7 Å². The molecule has 0 fully saturated rings. The topological polar surface area (TPSA) is 111 Å². The lowest BCUT2D eigenvalue weighted by Crippen LogP contribution is -2.18. The molecule has 1 aromatic carbocycles. The first kappa shape index (κ1) is 22.0. The summed E-state index contributed by atoms with van der Waals surface area (Å²) in [6.45, 7) is 4.11. The first-order valence-electron chi connectivity index (χ1n) is 9.19. The minimum atomic E-state index is -3.28. The molecule has 1 atom stereocenters. The van der Waals surface area contributed by atoms with Gasteiger partial charge in [-0.3, -0.25) is 5.32 Å². The van der Waals surface area contributed by atoms with E-state index in [1.807, 2.05) is 13.8 Å². The van der Waals surface area contributed by atoms with Crippen LogP contribution in [0.1, 0.15) is 31.1 Å². The number of nitrogens with one attached hydrogen (secondary N) is 1. The molecule has 160 valence electrons. The molecule has 0 aliphatic heterocycles. The molecule has 0 saturated carbocycles. The molecule has 0 saturated heterocycles. The van der Waals surface area contributed by atoms with Crippen LogP contribution in [-0.4, -0.2) is 35.4 Å². The normalized spacial score (nSPS) is 12.7. The molecule has 0 bridgehead atoms. The monoisotopic (exact) mass is 449 g/mol. The van der Waals surface area contributed by atoms with Gasteiger partial charge in [0.1, 0.15) is 0 Å². The lowest BCUT2D eigenvalue weighted by molar-refractivity contribution is 0.127. The highest BCUT2D eigenvalue weighted by Crippen LogP contribution is 2.28. The predicted molar refractivity (Wildman–Crippen MR) is 115 cm³/mol. The number of benzene rings is 1. The van der Waals surface area contributed by atoms with Gasteiger partial charge >= 0.3 is 6.09 Å². The Balaban J connectivity index is 1.84. The Hall–Kier alpha value is -2.69. The first-order valence-corrected chi connectivity index (χ1v) is 12.0. The second kappa shape index (κ2) is 8.99. The number of thiazole rings is 1. The molecule has 30 heavy (non-hydrogen) atoms. The minimum Gasteiger partial charge on any atom is -0.393 e. The third-order valence-corrected chi connectivity index (χ3v) is 6.21. The number of carbonyl (C=O) groups is 1. The number of anilines is 1. The highest BCUT2D eigenvalue weighted by Gasteiger charge is 2.19. The van der Waals surface area contributed by atoms with Crippen LogP contribution in [0.25, 0.3) is 0 Å². The molecule has 1 unspecified atom stereocenters. The van der Waals surface area contributed by atoms with Crippen molar-refractivity contribution in [3.8, 4) is 5.88 Å². The van der Waals surface area contributed by atoms with Gasteiger partial charge in [0.25, 0.3) is 0 Å². The van der Waals surface area contributed by atoms with Crippen molar-refractivity contribution < 1.29 is 23.1 Å². The quantitative estimate of drug-likeness (QED) is 0.569. The van der Waals surface area contributed by atoms with E-state index in [4.69, 9.17) is 4.74 Å². The fraction of sp³-hybridized carbons (Fsp3) is 0.300. The maximum Gasteiger partial charge on any atom is 0.420 e. The van der Waals surface area contributed by atoms with Gasteiger partial charge in [-0.05, 0) is 23.6 Å². The zero-order valence-corrected chi connectivity index (χ0v) is 18.4. The van der Waals surface area contributed by atoms with Crippen LogP contribution in [0.2, 0.25) is 0 Å². The Morgan fingerprint density at radius 3 is 2.57 bits per heavy atom. The average Bonchev–Trinajstić information content (AvgIpc) is 3.31. The molecule has 2 N–H and O–H groups in total. The van der Waals surface area contributed by atoms with Gasteiger partial charge in [0, 0.05) is 35.7 Å². The smallest absolute Gasteiger partial charge is 0.393 e. The van der Waals surface area contributed by atoms with E-state index < -0.39 is 22.0 Å². The van der Waals surface area contributed by atoms with E-state index in [1.165, 1.54) is 23.5 Å². The van der Waals surface area contributed by atoms with Crippen LogP contribution in [0.5, 0.6) is 5.88 Å². The average molecular weight is 450 g/mol. The Bertz CT molecular complexity index is 1100. The van der Waals surface area contributed by atoms with Crippen molar-refractivity contribution >= 4 is 32.4 Å². The van der Waals surface area contributed by atoms with E-state index in [0.717, 1.165) is 11.8 Å². The molecule has 8 nitrogen and oxygen atoms in total. The highest BCUT2D eigenvalue weighted by atomic mass is 32.2. The number of carbonyl (C=O) groups excluding carboxylic acids is 1. The lowest BCUT2D eigenvalue weighted by atomic mass is 10.0. The molecular formula is C20H23N3O5S2. The zero-order valence-electron chi connectivity index (χ0n) is 16.8. The number of aliphatic hydroxyl groups excluding tert-OH is 1. The van der Waals surface area contributed by atoms with Crippen molar-refractivity contribution in [2.24, 2.45) is 5.92 Å². The van der Waals surface area contributed by atoms with E-state index in [9.17, 15) is 18.3 Å². The van der Waals surface area contributed by atoms with Crippen LogP contribution in [0.15, 0.2) is 53.0 Å². The van der Waals surface area contributed by atoms with Crippen molar-refractivity contribution in [2.75, 3.05) is 11.6 Å². The number of sulfone groups is 1. The SMILES string of the molecule is CC(C)C(O)c1cc(OC(=O)Nc2nccs2)n(Cc2ccc(S(C)(=O)=O)cc2)c1. The summed E-state index contributed by atoms with van der Waals surface area (Å²) in [5, 5.41) is 15.1. The number of aromatic nitrogens is 2. The summed E-state index contributed by atoms with van der Waals surface area (Å²) < 4.78 is 30.4. The molecule has 2 heterocycles. The highest BCUT2D eigenvalue weighted by molar-refractivity contribution is 7.90. The van der Waals surface area contributed by atoms with Gasteiger partial charge < -0.3 is 14.4 Å². The fourth-order valence-corrected chi connectivity index (χ4v) is 3.94. The van der Waals surface area contributed by atoms with Crippen LogP contribution in [0.3, 0.4) is 0 Å². The number of rotatable bonds is 7. The van der Waals surface area contributed by atoms with Crippen LogP contribution >= 0.6 is 11.3 Å². The third-order valence-electron chi connectivity index (χ3n) is 4.39. The molecule has 3 rings (SSSR count). The van der Waals surface area contributed by atoms with Crippen molar-refractivity contribution in [1.29, 1.82) is 0 Å². The van der Waals surface area contributed by atoms with Crippen molar-refractivity contribution in [3.05, 3.63) is 59.2 Å². The summed E-state index contributed by atoms with van der Waals surface area (Å²) in [7, 11) is -3.28. The van der Waals surface area contributed by atoms with E-state index in [2.05, 4.69) is 10.3 Å². The minimum absolute atomic E-state index is 0.0214. The van der Waals surface area contributed by atoms with Crippen molar-refractivity contribution in [2.45, 2.75) is 31.4 Å². The van der Waals surface area contributed by atoms with Gasteiger partial charge in [0.15, 0.2) is 15.0 Å². The maximum absolute atomic E-state index is 12.2. The van der Waals surface area contributed by atoms with Crippen LogP contribution in [0.4, 0.5) is 9.93 Å². The summed E-state index contributed by atoms with van der Waals surface area (Å²) in [5.74, 6) is 0.234. The van der Waals surface area contributed by atoms with Crippen LogP contribution < -0.4 is 10.1 Å². The molecular weight excluding hydrogens is 426 g/mol. The van der Waals surface area contributed by atoms with E-state index in [1.54, 1.807) is 40.5 Å². The molecule has 2 aromatic heterocycles. The number of hydrogen-bond donors (Lipinski definition) is 2. The summed E-state index contributed by atoms with van der Waals surface area (Å²) in [5.41, 5.74) is 1.43. The molecule has 0 radical (unpaired) electrons. The Labute approximate surface area is 179 Å². The van der Waals surface area contributed by atoms with E-state index in [0.29, 0.717) is 17.2 Å². The summed E-state index contributed by atoms with van der Waals surface area (Å²) in [6.07, 6.45) is 3.03. The first-order chi connectivity index (χ1) is 14.1. The maximum atomic E-state index is 12.2. The summed E-state index contributed by atoms with van der Waals surface area (Å²) in [4.78, 5) is 16.5. The van der Waals surface area contributed by atoms with Gasteiger partial charge in [0.05, 0.1) is 17.5 Å². The van der Waals surface area contributed by atoms with Crippen molar-refractivity contribution in [3.63, 3.8) is 0 Å². The summed E-state index contributed by atoms with van der Waals surface area (Å²) >= 11 is 1.27. The predicted octanol–water partition coefficient (Wildman–Crippen LogP) is 3.70. The van der Waals surface area contributed by atoms with Gasteiger partial charge in [-0.15, -0.1) is 11.3 Å². The standard InChI is InChI=1S/C20H23N3O5S2/c1-13(2)18(24)15-10-17(28-20(25)22-19-21-8-9-29-19)23(12-15)11-14-4-6-16(7-5-14)30(3,26)27/h4-10,12-13,18,24H,11H2,1-3H3,(H,21,22,25). The fourth-order valence-electron chi connectivity index (χ4n) is 2.80. The van der Waals surface area contributed by atoms with Gasteiger partial charge in [-0.25, -0.2) is 18.2 Å². The van der Waals surface area contributed by atoms with Crippen LogP contribution in [-0.2, 0) is 16.4 Å². The zero-order chi connectivity index (χ0) is 21.9.